The molecule has 12 rings (SSSR count). The molecule has 0 amide bonds. The fraction of sp³-hybridized carbons (Fsp3) is 0.841. The Hall–Kier alpha value is -2.90. The van der Waals surface area contributed by atoms with Crippen molar-refractivity contribution in [2.75, 3.05) is 21.3 Å². The number of hydrogen-bond donors (Lipinski definition) is 5. The Bertz CT molecular complexity index is 2240. The van der Waals surface area contributed by atoms with Gasteiger partial charge in [-0.3, -0.25) is 19.2 Å². The Balaban J connectivity index is 0.000000128. The van der Waals surface area contributed by atoms with E-state index in [-0.39, 0.29) is 116 Å². The second kappa shape index (κ2) is 20.0. The first kappa shape index (κ1) is 55.4. The monoisotopic (exact) mass is 1040 g/mol. The maximum atomic E-state index is 12.3. The predicted molar refractivity (Wildman–Crippen MR) is 283 cm³/mol. The number of carbonyl (C=O) groups excluding carboxylic acids is 4. The molecule has 9 saturated carbocycles. The van der Waals surface area contributed by atoms with Crippen LogP contribution in [0.15, 0.2) is 34.9 Å². The number of ketones is 1. The minimum Gasteiger partial charge on any atom is -0.469 e. The second-order valence-electron chi connectivity index (χ2n) is 28.3. The molecule has 75 heavy (non-hydrogen) atoms. The molecule has 0 aromatic rings. The lowest BCUT2D eigenvalue weighted by atomic mass is 9.46. The summed E-state index contributed by atoms with van der Waals surface area (Å²) in [6.45, 7) is 13.5. The van der Waals surface area contributed by atoms with E-state index in [1.165, 1.54) is 38.0 Å². The number of allylic oxidation sites excluding steroid dienone is 3. The van der Waals surface area contributed by atoms with Crippen LogP contribution in [0.2, 0.25) is 0 Å². The van der Waals surface area contributed by atoms with Crippen LogP contribution in [-0.4, -0.2) is 101 Å². The number of ether oxygens (including phenoxy) is 3. The minimum absolute atomic E-state index is 0.00620. The number of esters is 3. The van der Waals surface area contributed by atoms with Crippen LogP contribution in [0.25, 0.3) is 0 Å². The average molecular weight is 1040 g/mol. The van der Waals surface area contributed by atoms with Crippen LogP contribution in [0, 0.1) is 104 Å². The van der Waals surface area contributed by atoms with Crippen LogP contribution in [0.3, 0.4) is 0 Å². The molecule has 9 fully saturated rings. The number of aliphatic hydroxyl groups is 5. The van der Waals surface area contributed by atoms with Gasteiger partial charge in [0.25, 0.3) is 0 Å². The topological polar surface area (TPSA) is 197 Å². The summed E-state index contributed by atoms with van der Waals surface area (Å²) in [5.74, 6) is 3.17. The first-order valence-corrected chi connectivity index (χ1v) is 29.7. The van der Waals surface area contributed by atoms with E-state index >= 15 is 0 Å². The first-order chi connectivity index (χ1) is 35.4. The summed E-state index contributed by atoms with van der Waals surface area (Å²) in [5, 5.41) is 53.8. The third-order valence-corrected chi connectivity index (χ3v) is 25.4. The average Bonchev–Trinajstić information content (AvgIpc) is 4.08. The number of carbonyl (C=O) groups is 4. The van der Waals surface area contributed by atoms with Crippen molar-refractivity contribution < 1.29 is 58.9 Å². The molecule has 0 aromatic carbocycles. The molecule has 5 N–H and O–H groups in total. The normalized spacial score (nSPS) is 50.8. The van der Waals surface area contributed by atoms with Crippen LogP contribution in [0.5, 0.6) is 0 Å². The lowest BCUT2D eigenvalue weighted by Crippen LogP contribution is -2.57. The highest BCUT2D eigenvalue weighted by molar-refractivity contribution is 5.91. The van der Waals surface area contributed by atoms with Crippen LogP contribution in [0.4, 0.5) is 0 Å². The van der Waals surface area contributed by atoms with Gasteiger partial charge in [-0.25, -0.2) is 0 Å². The highest BCUT2D eigenvalue weighted by Crippen LogP contribution is 2.70. The number of fused-ring (bicyclic) bond motifs is 15. The lowest BCUT2D eigenvalue weighted by molar-refractivity contribution is -0.161. The van der Waals surface area contributed by atoms with E-state index in [2.05, 4.69) is 53.7 Å². The van der Waals surface area contributed by atoms with Crippen molar-refractivity contribution in [2.45, 2.75) is 207 Å². The Morgan fingerprint density at radius 3 is 1.21 bits per heavy atom. The fourth-order valence-electron chi connectivity index (χ4n) is 21.8. The summed E-state index contributed by atoms with van der Waals surface area (Å²) in [4.78, 5) is 48.9. The zero-order chi connectivity index (χ0) is 53.9. The Morgan fingerprint density at radius 1 is 0.467 bits per heavy atom. The summed E-state index contributed by atoms with van der Waals surface area (Å²) in [6, 6.07) is 0. The standard InChI is InChI=1S/2C21H32O4.C21H30O4/c3*1-20-9-8-13(22)10-12(20)4-5-14-15-6-7-16(19(24)25-3)21(15,2)11-17(23)18(14)20/h2*4,13-18,22-23H,5-11H2,1-3H3;10,14-18,23H,4-9,11H2,1-3H3/t2*13-,14-,15-,16+,17-,18+,20-,21-;14-,15-,16+,17-,18+,20-,21-/m000/s1. The van der Waals surface area contributed by atoms with Crippen molar-refractivity contribution in [3.05, 3.63) is 34.9 Å². The van der Waals surface area contributed by atoms with Crippen LogP contribution >= 0.6 is 0 Å². The largest absolute Gasteiger partial charge is 0.469 e. The van der Waals surface area contributed by atoms with Gasteiger partial charge in [0.2, 0.25) is 0 Å². The van der Waals surface area contributed by atoms with E-state index in [0.29, 0.717) is 61.2 Å². The Kier molecular flexibility index (Phi) is 14.8. The van der Waals surface area contributed by atoms with Gasteiger partial charge in [0.15, 0.2) is 5.78 Å². The van der Waals surface area contributed by atoms with Gasteiger partial charge in [-0.15, -0.1) is 0 Å². The van der Waals surface area contributed by atoms with E-state index < -0.39 is 6.10 Å². The van der Waals surface area contributed by atoms with E-state index in [1.807, 2.05) is 6.08 Å². The molecular weight excluding hydrogens is 949 g/mol. The number of methoxy groups -OCH3 is 3. The van der Waals surface area contributed by atoms with E-state index in [9.17, 15) is 44.7 Å². The SMILES string of the molecule is COC(=O)[C@H]1CC[C@H]2[C@@H]3CC=C4C[C@@H](O)CC[C@]4(C)[C@H]3[C@@H](O)C[C@]12C.COC(=O)[C@H]1CC[C@H]2[C@@H]3CC=C4C[C@@H](O)CC[C@]4(C)[C@H]3[C@@H](O)C[C@]12C.COC(=O)[C@H]1CC[C@H]2[C@@H]3CCC4=CC(=O)CC[C@]4(C)[C@H]3[C@@H](O)C[C@]12C. The summed E-state index contributed by atoms with van der Waals surface area (Å²) in [6.07, 6.45) is 23.4. The molecule has 12 aliphatic carbocycles. The number of hydrogen-bond acceptors (Lipinski definition) is 12. The fourth-order valence-corrected chi connectivity index (χ4v) is 21.8. The van der Waals surface area contributed by atoms with Gasteiger partial charge in [-0.2, -0.15) is 0 Å². The molecule has 0 spiro atoms. The number of rotatable bonds is 3. The van der Waals surface area contributed by atoms with Crippen molar-refractivity contribution in [1.29, 1.82) is 0 Å². The second-order valence-corrected chi connectivity index (χ2v) is 28.3. The van der Waals surface area contributed by atoms with Crippen molar-refractivity contribution in [3.8, 4) is 0 Å². The first-order valence-electron chi connectivity index (χ1n) is 29.7. The molecule has 0 aliphatic heterocycles. The highest BCUT2D eigenvalue weighted by atomic mass is 16.5. The minimum atomic E-state index is -0.404. The van der Waals surface area contributed by atoms with Crippen LogP contribution in [-0.2, 0) is 33.4 Å². The highest BCUT2D eigenvalue weighted by Gasteiger charge is 2.66. The van der Waals surface area contributed by atoms with Crippen LogP contribution < -0.4 is 0 Å². The predicted octanol–water partition coefficient (Wildman–Crippen LogP) is 9.42. The molecule has 12 aliphatic rings. The van der Waals surface area contributed by atoms with Gasteiger partial charge in [-0.05, 0) is 220 Å². The van der Waals surface area contributed by atoms with Gasteiger partial charge < -0.3 is 39.7 Å². The maximum absolute atomic E-state index is 12.3. The lowest BCUT2D eigenvalue weighted by Gasteiger charge is -2.59. The zero-order valence-electron chi connectivity index (χ0n) is 47.0. The third kappa shape index (κ3) is 8.65. The molecular formula is C63H94O12. The molecule has 0 unspecified atom stereocenters. The Labute approximate surface area is 447 Å². The molecule has 0 heterocycles. The molecule has 0 radical (unpaired) electrons. The van der Waals surface area contributed by atoms with Gasteiger partial charge in [0, 0.05) is 6.42 Å². The van der Waals surface area contributed by atoms with Crippen molar-refractivity contribution in [2.24, 2.45) is 104 Å². The molecule has 23 atom stereocenters. The van der Waals surface area contributed by atoms with Crippen LogP contribution in [0.1, 0.15) is 176 Å². The molecule has 0 aromatic heterocycles. The summed E-state index contributed by atoms with van der Waals surface area (Å²) < 4.78 is 15.2. The summed E-state index contributed by atoms with van der Waals surface area (Å²) in [7, 11) is 4.43. The molecule has 12 heteroatoms. The maximum Gasteiger partial charge on any atom is 0.309 e. The zero-order valence-corrected chi connectivity index (χ0v) is 47.0. The van der Waals surface area contributed by atoms with Gasteiger partial charge in [0.1, 0.15) is 0 Å². The molecule has 12 nitrogen and oxygen atoms in total. The summed E-state index contributed by atoms with van der Waals surface area (Å²) >= 11 is 0. The van der Waals surface area contributed by atoms with E-state index in [4.69, 9.17) is 14.2 Å². The van der Waals surface area contributed by atoms with Gasteiger partial charge in [-0.1, -0.05) is 70.4 Å². The van der Waals surface area contributed by atoms with E-state index in [1.54, 1.807) is 0 Å². The van der Waals surface area contributed by atoms with Crippen molar-refractivity contribution in [3.63, 3.8) is 0 Å². The van der Waals surface area contributed by atoms with Crippen molar-refractivity contribution in [1.82, 2.24) is 0 Å². The summed E-state index contributed by atoms with van der Waals surface area (Å²) in [5.41, 5.74) is 3.48. The smallest absolute Gasteiger partial charge is 0.309 e. The number of aliphatic hydroxyl groups excluding tert-OH is 5. The quantitative estimate of drug-likeness (QED) is 0.102. The van der Waals surface area contributed by atoms with E-state index in [0.717, 1.165) is 109 Å². The molecule has 418 valence electrons. The Morgan fingerprint density at radius 2 is 0.827 bits per heavy atom. The van der Waals surface area contributed by atoms with Gasteiger partial charge in [0.05, 0.1) is 69.6 Å². The molecule has 0 saturated heterocycles. The third-order valence-electron chi connectivity index (χ3n) is 25.4. The van der Waals surface area contributed by atoms with Gasteiger partial charge >= 0.3 is 17.9 Å². The molecule has 0 bridgehead atoms. The van der Waals surface area contributed by atoms with Crippen molar-refractivity contribution >= 4 is 23.7 Å².